The number of nitrogens with zero attached hydrogens (tertiary/aromatic N) is 3. The van der Waals surface area contributed by atoms with Gasteiger partial charge in [-0.2, -0.15) is 5.10 Å². The molecule has 1 atom stereocenters. The molecule has 2 heterocycles. The van der Waals surface area contributed by atoms with Gasteiger partial charge < -0.3 is 9.47 Å². The van der Waals surface area contributed by atoms with Crippen LogP contribution in [0, 0.1) is 0 Å². The Kier molecular flexibility index (Phi) is 6.32. The van der Waals surface area contributed by atoms with E-state index in [4.69, 9.17) is 37.8 Å². The molecule has 8 heteroatoms. The van der Waals surface area contributed by atoms with Gasteiger partial charge in [0.15, 0.2) is 0 Å². The Hall–Kier alpha value is -3.61. The molecule has 5 rings (SSSR count). The van der Waals surface area contributed by atoms with Crippen molar-refractivity contribution in [1.29, 1.82) is 0 Å². The van der Waals surface area contributed by atoms with Crippen LogP contribution < -0.4 is 9.47 Å². The van der Waals surface area contributed by atoms with Gasteiger partial charge in [0, 0.05) is 23.4 Å². The number of amides is 1. The van der Waals surface area contributed by atoms with Crippen LogP contribution in [-0.4, -0.2) is 35.8 Å². The van der Waals surface area contributed by atoms with Gasteiger partial charge in [-0.1, -0.05) is 35.3 Å². The number of halogens is 2. The van der Waals surface area contributed by atoms with Crippen LogP contribution in [0.5, 0.6) is 11.5 Å². The van der Waals surface area contributed by atoms with Crippen LogP contribution in [-0.2, 0) is 0 Å². The van der Waals surface area contributed by atoms with Gasteiger partial charge in [0.1, 0.15) is 16.7 Å². The molecule has 0 N–H and O–H groups in total. The molecule has 0 fully saturated rings. The number of aromatic nitrogens is 1. The molecule has 0 aliphatic carbocycles. The minimum atomic E-state index is -0.456. The Morgan fingerprint density at radius 2 is 1.66 bits per heavy atom. The maximum atomic E-state index is 13.6. The molecular weight excluding hydrogens is 485 g/mol. The highest BCUT2D eigenvalue weighted by Crippen LogP contribution is 2.39. The smallest absolute Gasteiger partial charge is 0.276 e. The first kappa shape index (κ1) is 23.1. The zero-order chi connectivity index (χ0) is 24.5. The molecule has 1 aromatic heterocycles. The third-order valence-electron chi connectivity index (χ3n) is 6.01. The fourth-order valence-electron chi connectivity index (χ4n) is 4.16. The molecule has 1 amide bonds. The predicted octanol–water partition coefficient (Wildman–Crippen LogP) is 6.55. The summed E-state index contributed by atoms with van der Waals surface area (Å²) in [5.41, 5.74) is 3.42. The number of hydrazone groups is 1. The van der Waals surface area contributed by atoms with E-state index in [2.05, 4.69) is 4.98 Å². The van der Waals surface area contributed by atoms with Crippen molar-refractivity contribution in [3.63, 3.8) is 0 Å². The molecule has 4 aromatic rings. The normalized spacial score (nSPS) is 15.3. The highest BCUT2D eigenvalue weighted by Gasteiger charge is 2.36. The van der Waals surface area contributed by atoms with Gasteiger partial charge in [0.25, 0.3) is 5.91 Å². The topological polar surface area (TPSA) is 64.0 Å². The Morgan fingerprint density at radius 1 is 0.943 bits per heavy atom. The van der Waals surface area contributed by atoms with Crippen molar-refractivity contribution < 1.29 is 14.3 Å². The van der Waals surface area contributed by atoms with Crippen molar-refractivity contribution in [3.8, 4) is 11.5 Å². The van der Waals surface area contributed by atoms with Crippen molar-refractivity contribution in [2.45, 2.75) is 12.5 Å². The van der Waals surface area contributed by atoms with Crippen LogP contribution in [0.3, 0.4) is 0 Å². The summed E-state index contributed by atoms with van der Waals surface area (Å²) in [7, 11) is 3.22. The summed E-state index contributed by atoms with van der Waals surface area (Å²) in [5, 5.41) is 7.74. The lowest BCUT2D eigenvalue weighted by atomic mass is 9.98. The predicted molar refractivity (Wildman–Crippen MR) is 138 cm³/mol. The standard InChI is InChI=1S/C27H21Cl2N3O3/c1-34-18-10-7-16(8-11-18)24-15-25(32(31-24)27(33)20-5-3-4-6-22(20)28)21-13-17-9-12-19(35-2)14-23(17)30-26(21)29/h3-14,25H,15H2,1-2H3/t25-/m0/s1. The van der Waals surface area contributed by atoms with Gasteiger partial charge in [0.05, 0.1) is 42.1 Å². The number of ether oxygens (including phenoxy) is 2. The molecule has 0 spiro atoms. The van der Waals surface area contributed by atoms with Crippen LogP contribution in [0.15, 0.2) is 77.9 Å². The number of hydrogen-bond acceptors (Lipinski definition) is 5. The summed E-state index contributed by atoms with van der Waals surface area (Å²) in [4.78, 5) is 18.2. The van der Waals surface area contributed by atoms with Crippen LogP contribution in [0.4, 0.5) is 0 Å². The zero-order valence-electron chi connectivity index (χ0n) is 19.0. The van der Waals surface area contributed by atoms with E-state index in [1.54, 1.807) is 38.5 Å². The number of methoxy groups -OCH3 is 2. The lowest BCUT2D eigenvalue weighted by molar-refractivity contribution is 0.0711. The van der Waals surface area contributed by atoms with Crippen LogP contribution in [0.25, 0.3) is 10.9 Å². The number of fused-ring (bicyclic) bond motifs is 1. The average molecular weight is 506 g/mol. The number of carbonyl (C=O) groups excluding carboxylic acids is 1. The summed E-state index contributed by atoms with van der Waals surface area (Å²) in [6.45, 7) is 0. The highest BCUT2D eigenvalue weighted by molar-refractivity contribution is 6.34. The molecule has 0 bridgehead atoms. The van der Waals surface area contributed by atoms with E-state index in [9.17, 15) is 4.79 Å². The fraction of sp³-hybridized carbons (Fsp3) is 0.148. The van der Waals surface area contributed by atoms with E-state index >= 15 is 0 Å². The van der Waals surface area contributed by atoms with E-state index < -0.39 is 6.04 Å². The maximum Gasteiger partial charge on any atom is 0.276 e. The number of benzene rings is 3. The zero-order valence-corrected chi connectivity index (χ0v) is 20.5. The minimum absolute atomic E-state index is 0.305. The Bertz CT molecular complexity index is 1450. The quantitative estimate of drug-likeness (QED) is 0.288. The third kappa shape index (κ3) is 4.43. The molecule has 1 aliphatic rings. The molecule has 6 nitrogen and oxygen atoms in total. The van der Waals surface area contributed by atoms with Gasteiger partial charge in [-0.15, -0.1) is 0 Å². The Morgan fingerprint density at radius 3 is 2.37 bits per heavy atom. The monoisotopic (exact) mass is 505 g/mol. The number of hydrogen-bond donors (Lipinski definition) is 0. The molecule has 0 saturated carbocycles. The molecule has 3 aromatic carbocycles. The first-order valence-electron chi connectivity index (χ1n) is 10.9. The Labute approximate surface area is 212 Å². The van der Waals surface area contributed by atoms with E-state index in [1.807, 2.05) is 48.5 Å². The molecule has 0 radical (unpaired) electrons. The number of rotatable bonds is 5. The second-order valence-electron chi connectivity index (χ2n) is 8.05. The highest BCUT2D eigenvalue weighted by atomic mass is 35.5. The van der Waals surface area contributed by atoms with E-state index in [-0.39, 0.29) is 5.91 Å². The Balaban J connectivity index is 1.59. The number of pyridine rings is 1. The molecule has 0 unspecified atom stereocenters. The second-order valence-corrected chi connectivity index (χ2v) is 8.82. The largest absolute Gasteiger partial charge is 0.497 e. The van der Waals surface area contributed by atoms with Gasteiger partial charge in [0.2, 0.25) is 0 Å². The van der Waals surface area contributed by atoms with Gasteiger partial charge in [-0.3, -0.25) is 4.79 Å². The molecular formula is C27H21Cl2N3O3. The van der Waals surface area contributed by atoms with Crippen molar-refractivity contribution in [2.75, 3.05) is 14.2 Å². The van der Waals surface area contributed by atoms with Gasteiger partial charge >= 0.3 is 0 Å². The van der Waals surface area contributed by atoms with E-state index in [0.29, 0.717) is 39.0 Å². The van der Waals surface area contributed by atoms with Gasteiger partial charge in [-0.25, -0.2) is 9.99 Å². The van der Waals surface area contributed by atoms with E-state index in [0.717, 1.165) is 22.4 Å². The van der Waals surface area contributed by atoms with Crippen molar-refractivity contribution in [2.24, 2.45) is 5.10 Å². The van der Waals surface area contributed by atoms with Crippen molar-refractivity contribution >= 4 is 45.7 Å². The van der Waals surface area contributed by atoms with Crippen LogP contribution in [0.2, 0.25) is 10.2 Å². The maximum absolute atomic E-state index is 13.6. The van der Waals surface area contributed by atoms with Crippen molar-refractivity contribution in [3.05, 3.63) is 99.7 Å². The second kappa shape index (κ2) is 9.56. The number of carbonyl (C=O) groups is 1. The average Bonchev–Trinajstić information content (AvgIpc) is 3.33. The summed E-state index contributed by atoms with van der Waals surface area (Å²) in [5.74, 6) is 1.12. The summed E-state index contributed by atoms with van der Waals surface area (Å²) in [6.07, 6.45) is 0.464. The minimum Gasteiger partial charge on any atom is -0.497 e. The molecule has 176 valence electrons. The van der Waals surface area contributed by atoms with Gasteiger partial charge in [-0.05, 0) is 60.2 Å². The van der Waals surface area contributed by atoms with Crippen LogP contribution in [0.1, 0.15) is 33.9 Å². The summed E-state index contributed by atoms with van der Waals surface area (Å²) >= 11 is 13.0. The van der Waals surface area contributed by atoms with Crippen LogP contribution >= 0.6 is 23.2 Å². The molecule has 1 aliphatic heterocycles. The first-order valence-corrected chi connectivity index (χ1v) is 11.7. The summed E-state index contributed by atoms with van der Waals surface area (Å²) < 4.78 is 10.6. The van der Waals surface area contributed by atoms with E-state index in [1.165, 1.54) is 5.01 Å². The molecule has 0 saturated heterocycles. The summed E-state index contributed by atoms with van der Waals surface area (Å²) in [6, 6.07) is 21.6. The fourth-order valence-corrected chi connectivity index (χ4v) is 4.64. The molecule has 35 heavy (non-hydrogen) atoms. The van der Waals surface area contributed by atoms with Crippen molar-refractivity contribution in [1.82, 2.24) is 9.99 Å². The lowest BCUT2D eigenvalue weighted by Crippen LogP contribution is -2.27. The third-order valence-corrected chi connectivity index (χ3v) is 6.64. The lowest BCUT2D eigenvalue weighted by Gasteiger charge is -2.23. The first-order chi connectivity index (χ1) is 17.0. The SMILES string of the molecule is COc1ccc(C2=NN(C(=O)c3ccccc3Cl)[C@H](c3cc4ccc(OC)cc4nc3Cl)C2)cc1.